The first kappa shape index (κ1) is 10.8. The van der Waals surface area contributed by atoms with Gasteiger partial charge in [-0.3, -0.25) is 4.40 Å². The molecule has 3 aromatic rings. The lowest BCUT2D eigenvalue weighted by molar-refractivity contribution is 0.820. The van der Waals surface area contributed by atoms with Gasteiger partial charge in [0.2, 0.25) is 5.78 Å². The molecule has 0 aliphatic carbocycles. The van der Waals surface area contributed by atoms with Crippen LogP contribution in [0.5, 0.6) is 0 Å². The minimum atomic E-state index is 0.655. The van der Waals surface area contributed by atoms with E-state index in [2.05, 4.69) is 42.1 Å². The Hall–Kier alpha value is -1.33. The number of hydrogen-bond acceptors (Lipinski definition) is 2. The molecule has 4 nitrogen and oxygen atoms in total. The molecule has 88 valence electrons. The smallest absolute Gasteiger partial charge is 0.214 e. The molecule has 0 radical (unpaired) electrons. The molecule has 0 saturated heterocycles. The maximum absolute atomic E-state index is 5.61. The molecule has 3 rings (SSSR count). The second kappa shape index (κ2) is 3.85. The molecule has 0 atom stereocenters. The van der Waals surface area contributed by atoms with E-state index in [1.807, 2.05) is 19.2 Å². The first-order chi connectivity index (χ1) is 8.22. The number of nitrogens with zero attached hydrogens (tertiary/aromatic N) is 3. The fourth-order valence-corrected chi connectivity index (χ4v) is 2.62. The number of hydrogen-bond donors (Lipinski definition) is 1. The summed E-state index contributed by atoms with van der Waals surface area (Å²) in [6.07, 6.45) is 2.99. The summed E-state index contributed by atoms with van der Waals surface area (Å²) in [6.45, 7) is 0.655. The topological polar surface area (TPSA) is 48.2 Å². The SMILES string of the molecule is Cn1c(CCN)cn2c3cccc(Br)c3nc12. The first-order valence-electron chi connectivity index (χ1n) is 5.53. The van der Waals surface area contributed by atoms with Crippen LogP contribution in [0.15, 0.2) is 28.9 Å². The van der Waals surface area contributed by atoms with Gasteiger partial charge in [-0.1, -0.05) is 6.07 Å². The standard InChI is InChI=1S/C12H13BrN4/c1-16-8(5-6-14)7-17-10-4-2-3-9(13)11(10)15-12(16)17/h2-4,7H,5-6,14H2,1H3. The molecular formula is C12H13BrN4. The minimum Gasteiger partial charge on any atom is -0.330 e. The zero-order valence-corrected chi connectivity index (χ0v) is 11.1. The number of aromatic nitrogens is 3. The van der Waals surface area contributed by atoms with Crippen molar-refractivity contribution in [2.45, 2.75) is 6.42 Å². The summed E-state index contributed by atoms with van der Waals surface area (Å²) in [4.78, 5) is 4.66. The van der Waals surface area contributed by atoms with Crippen LogP contribution in [0.2, 0.25) is 0 Å². The zero-order chi connectivity index (χ0) is 12.0. The van der Waals surface area contributed by atoms with Gasteiger partial charge in [-0.2, -0.15) is 0 Å². The number of imidazole rings is 2. The summed E-state index contributed by atoms with van der Waals surface area (Å²) in [6, 6.07) is 6.11. The molecular weight excluding hydrogens is 280 g/mol. The number of fused-ring (bicyclic) bond motifs is 3. The number of rotatable bonds is 2. The van der Waals surface area contributed by atoms with E-state index < -0.39 is 0 Å². The van der Waals surface area contributed by atoms with E-state index in [9.17, 15) is 0 Å². The van der Waals surface area contributed by atoms with E-state index in [4.69, 9.17) is 5.73 Å². The normalized spacial score (nSPS) is 11.7. The van der Waals surface area contributed by atoms with Gasteiger partial charge in [-0.15, -0.1) is 0 Å². The van der Waals surface area contributed by atoms with Crippen LogP contribution in [0.25, 0.3) is 16.8 Å². The van der Waals surface area contributed by atoms with Crippen molar-refractivity contribution in [1.82, 2.24) is 14.0 Å². The lowest BCUT2D eigenvalue weighted by Gasteiger charge is -1.98. The highest BCUT2D eigenvalue weighted by molar-refractivity contribution is 9.10. The average molecular weight is 293 g/mol. The summed E-state index contributed by atoms with van der Waals surface area (Å²) in [5, 5.41) is 0. The molecule has 2 heterocycles. The van der Waals surface area contributed by atoms with Crippen LogP contribution in [-0.2, 0) is 13.5 Å². The van der Waals surface area contributed by atoms with Crippen molar-refractivity contribution in [1.29, 1.82) is 0 Å². The van der Waals surface area contributed by atoms with Crippen LogP contribution in [0.3, 0.4) is 0 Å². The van der Waals surface area contributed by atoms with Crippen LogP contribution < -0.4 is 5.73 Å². The van der Waals surface area contributed by atoms with E-state index in [-0.39, 0.29) is 0 Å². The van der Waals surface area contributed by atoms with Crippen molar-refractivity contribution < 1.29 is 0 Å². The minimum absolute atomic E-state index is 0.655. The van der Waals surface area contributed by atoms with Crippen molar-refractivity contribution in [3.8, 4) is 0 Å². The third-order valence-electron chi connectivity index (χ3n) is 3.06. The van der Waals surface area contributed by atoms with Crippen molar-refractivity contribution in [2.24, 2.45) is 12.8 Å². The Morgan fingerprint density at radius 3 is 3.00 bits per heavy atom. The van der Waals surface area contributed by atoms with E-state index in [1.165, 1.54) is 5.69 Å². The molecule has 1 aromatic carbocycles. The van der Waals surface area contributed by atoms with Gasteiger partial charge in [0.05, 0.1) is 5.52 Å². The van der Waals surface area contributed by atoms with Gasteiger partial charge in [-0.05, 0) is 34.6 Å². The van der Waals surface area contributed by atoms with Gasteiger partial charge in [0, 0.05) is 29.8 Å². The Bertz CT molecular complexity index is 695. The highest BCUT2D eigenvalue weighted by Crippen LogP contribution is 2.25. The lowest BCUT2D eigenvalue weighted by atomic mass is 10.3. The number of para-hydroxylation sites is 1. The second-order valence-electron chi connectivity index (χ2n) is 4.11. The summed E-state index contributed by atoms with van der Waals surface area (Å²) in [7, 11) is 2.03. The Balaban J connectivity index is 2.37. The molecule has 0 aliphatic heterocycles. The van der Waals surface area contributed by atoms with Crippen LogP contribution in [0.1, 0.15) is 5.69 Å². The molecule has 5 heteroatoms. The van der Waals surface area contributed by atoms with Crippen molar-refractivity contribution >= 4 is 32.7 Å². The van der Waals surface area contributed by atoms with Crippen molar-refractivity contribution in [3.63, 3.8) is 0 Å². The quantitative estimate of drug-likeness (QED) is 0.786. The van der Waals surface area contributed by atoms with Crippen molar-refractivity contribution in [3.05, 3.63) is 34.6 Å². The fraction of sp³-hybridized carbons (Fsp3) is 0.250. The molecule has 0 saturated carbocycles. The summed E-state index contributed by atoms with van der Waals surface area (Å²) in [5.74, 6) is 0.954. The highest BCUT2D eigenvalue weighted by atomic mass is 79.9. The summed E-state index contributed by atoms with van der Waals surface area (Å²) >= 11 is 3.53. The molecule has 0 amide bonds. The molecule has 2 N–H and O–H groups in total. The molecule has 0 spiro atoms. The fourth-order valence-electron chi connectivity index (χ4n) is 2.18. The first-order valence-corrected chi connectivity index (χ1v) is 6.32. The highest BCUT2D eigenvalue weighted by Gasteiger charge is 2.12. The monoisotopic (exact) mass is 292 g/mol. The van der Waals surface area contributed by atoms with E-state index >= 15 is 0 Å². The third-order valence-corrected chi connectivity index (χ3v) is 3.70. The van der Waals surface area contributed by atoms with Gasteiger partial charge < -0.3 is 10.3 Å². The summed E-state index contributed by atoms with van der Waals surface area (Å²) in [5.41, 5.74) is 8.93. The van der Waals surface area contributed by atoms with Gasteiger partial charge in [-0.25, -0.2) is 4.98 Å². The van der Waals surface area contributed by atoms with Crippen LogP contribution in [0.4, 0.5) is 0 Å². The van der Waals surface area contributed by atoms with E-state index in [0.717, 1.165) is 27.7 Å². The molecule has 17 heavy (non-hydrogen) atoms. The average Bonchev–Trinajstić information content (AvgIpc) is 2.81. The Morgan fingerprint density at radius 1 is 1.41 bits per heavy atom. The van der Waals surface area contributed by atoms with Gasteiger partial charge in [0.25, 0.3) is 0 Å². The van der Waals surface area contributed by atoms with Gasteiger partial charge >= 0.3 is 0 Å². The predicted octanol–water partition coefficient (Wildman–Crippen LogP) is 2.09. The molecule has 0 unspecified atom stereocenters. The third kappa shape index (κ3) is 1.50. The van der Waals surface area contributed by atoms with Crippen molar-refractivity contribution in [2.75, 3.05) is 6.54 Å². The van der Waals surface area contributed by atoms with Gasteiger partial charge in [0.15, 0.2) is 0 Å². The maximum Gasteiger partial charge on any atom is 0.214 e. The van der Waals surface area contributed by atoms with Crippen LogP contribution >= 0.6 is 15.9 Å². The molecule has 0 bridgehead atoms. The number of halogens is 1. The number of nitrogens with two attached hydrogens (primary N) is 1. The van der Waals surface area contributed by atoms with E-state index in [1.54, 1.807) is 0 Å². The van der Waals surface area contributed by atoms with Crippen LogP contribution in [-0.4, -0.2) is 20.5 Å². The van der Waals surface area contributed by atoms with E-state index in [0.29, 0.717) is 6.54 Å². The molecule has 2 aromatic heterocycles. The number of benzene rings is 1. The Kier molecular flexibility index (Phi) is 2.45. The molecule has 0 aliphatic rings. The zero-order valence-electron chi connectivity index (χ0n) is 9.52. The molecule has 0 fully saturated rings. The van der Waals surface area contributed by atoms with Gasteiger partial charge in [0.1, 0.15) is 5.52 Å². The largest absolute Gasteiger partial charge is 0.330 e. The number of aryl methyl sites for hydroxylation is 1. The Labute approximate surface area is 107 Å². The Morgan fingerprint density at radius 2 is 2.24 bits per heavy atom. The summed E-state index contributed by atoms with van der Waals surface area (Å²) < 4.78 is 5.24. The predicted molar refractivity (Wildman–Crippen MR) is 72.1 cm³/mol. The second-order valence-corrected chi connectivity index (χ2v) is 4.96. The maximum atomic E-state index is 5.61. The van der Waals surface area contributed by atoms with Crippen LogP contribution in [0, 0.1) is 0 Å². The lowest BCUT2D eigenvalue weighted by Crippen LogP contribution is -2.06.